The number of nitrogens with two attached hydrogens (primary N) is 1. The third kappa shape index (κ3) is 25.1. The summed E-state index contributed by atoms with van der Waals surface area (Å²) in [4.78, 5) is 103. The number of rotatable bonds is 24. The van der Waals surface area contributed by atoms with Crippen molar-refractivity contribution >= 4 is 241 Å². The SMILES string of the molecule is COc1ccc2c(c1C(=O)O)OB(O)[C@@H](Sc1cnns1)C2.Cc1ccc2c(c1C(=O)O)OB(O)[C@@H](Sc1nc(NC=O)cs1)C2.Cc1ccc2c(c1C(=O)O)OB(O)[C@@H](Sc1ncc(CN)s1)C2.Cc1ccc2c(c1C(=O)O)OB(O)[C@@H](Sc1ncc(NC=O)s1)C2.Cc1ccc2c(c1C(=O)O)OB(O)[C@@H](Sc1nncs1)C2.Cc1ccc2c(c1C(=O)O)OB(O)[C@@H](Sc1nncs1)C2. The van der Waals surface area contributed by atoms with Crippen molar-refractivity contribution < 1.29 is 132 Å². The van der Waals surface area contributed by atoms with E-state index in [0.717, 1.165) is 55.5 Å². The molecule has 39 nitrogen and oxygen atoms in total. The molecule has 0 unspecified atom stereocenters. The highest BCUT2D eigenvalue weighted by Crippen LogP contribution is 2.47. The number of nitrogens with zero attached hydrogens (tertiary/aromatic N) is 9. The zero-order valence-corrected chi connectivity index (χ0v) is 80.7. The number of aromatic carboxylic acids is 6. The predicted octanol–water partition coefficient (Wildman–Crippen LogP) is 10.1. The maximum atomic E-state index is 11.4. The number of carbonyl (C=O) groups excluding carboxylic acids is 2. The minimum Gasteiger partial charge on any atom is -0.535 e. The Balaban J connectivity index is 0.000000137. The number of thioether (sulfide) groups is 6. The number of nitrogens with one attached hydrogen (secondary N) is 2. The van der Waals surface area contributed by atoms with Gasteiger partial charge in [-0.05, 0) is 152 Å². The maximum Gasteiger partial charge on any atom is 0.537 e. The first-order chi connectivity index (χ1) is 64.7. The summed E-state index contributed by atoms with van der Waals surface area (Å²) in [7, 11) is -5.26. The maximum absolute atomic E-state index is 11.4. The summed E-state index contributed by atoms with van der Waals surface area (Å²) in [6.07, 6.45) is 8.94. The number of benzene rings is 6. The number of amides is 2. The molecule has 6 aliphatic heterocycles. The van der Waals surface area contributed by atoms with E-state index in [1.807, 2.05) is 30.3 Å². The van der Waals surface area contributed by atoms with Gasteiger partial charge in [0.2, 0.25) is 12.8 Å². The molecule has 0 saturated heterocycles. The lowest BCUT2D eigenvalue weighted by molar-refractivity contribution is -0.106. The topological polar surface area (TPSA) is 610 Å². The summed E-state index contributed by atoms with van der Waals surface area (Å²) in [5, 5.41) is 142. The summed E-state index contributed by atoms with van der Waals surface area (Å²) in [6, 6.07) is 21.3. The van der Waals surface area contributed by atoms with E-state index < -0.39 is 78.5 Å². The largest absolute Gasteiger partial charge is 0.537 e. The van der Waals surface area contributed by atoms with Gasteiger partial charge in [0.05, 0.1) is 50.4 Å². The third-order valence-electron chi connectivity index (χ3n) is 20.5. The van der Waals surface area contributed by atoms with Crippen LogP contribution in [0.25, 0.3) is 0 Å². The summed E-state index contributed by atoms with van der Waals surface area (Å²) >= 11 is 16.4. The van der Waals surface area contributed by atoms with Crippen molar-refractivity contribution in [2.75, 3.05) is 17.7 Å². The number of carboxylic acid groups (broad SMARTS) is 6. The molecule has 698 valence electrons. The van der Waals surface area contributed by atoms with Crippen LogP contribution in [-0.4, -0.2) is 235 Å². The van der Waals surface area contributed by atoms with Crippen LogP contribution in [0, 0.1) is 34.6 Å². The first-order valence-corrected chi connectivity index (χ1v) is 50.1. The van der Waals surface area contributed by atoms with E-state index >= 15 is 0 Å². The van der Waals surface area contributed by atoms with E-state index in [1.54, 1.807) is 106 Å². The Bertz CT molecular complexity index is 6080. The molecule has 0 fully saturated rings. The van der Waals surface area contributed by atoms with Crippen LogP contribution in [-0.2, 0) is 54.7 Å². The Morgan fingerprint density at radius 1 is 0.422 bits per heavy atom. The second-order valence-electron chi connectivity index (χ2n) is 29.4. The quantitative estimate of drug-likeness (QED) is 0.0197. The lowest BCUT2D eigenvalue weighted by Crippen LogP contribution is -2.40. The molecule has 0 spiro atoms. The van der Waals surface area contributed by atoms with Crippen LogP contribution in [0.3, 0.4) is 0 Å². The molecule has 12 heterocycles. The molecule has 6 atom stereocenters. The number of methoxy groups -OCH3 is 1. The number of ether oxygens (including phenoxy) is 1. The van der Waals surface area contributed by atoms with Crippen molar-refractivity contribution in [2.45, 2.75) is 136 Å². The Hall–Kier alpha value is -10.5. The van der Waals surface area contributed by atoms with Gasteiger partial charge < -0.3 is 110 Å². The highest BCUT2D eigenvalue weighted by molar-refractivity contribution is 8.04. The summed E-state index contributed by atoms with van der Waals surface area (Å²) in [5.74, 6) is -4.37. The van der Waals surface area contributed by atoms with Crippen molar-refractivity contribution in [2.24, 2.45) is 5.73 Å². The van der Waals surface area contributed by atoms with Crippen LogP contribution in [0.4, 0.5) is 10.8 Å². The number of anilines is 2. The van der Waals surface area contributed by atoms with Crippen molar-refractivity contribution in [3.05, 3.63) is 207 Å². The van der Waals surface area contributed by atoms with Gasteiger partial charge in [-0.1, -0.05) is 164 Å². The lowest BCUT2D eigenvalue weighted by atomic mass is 9.77. The first kappa shape index (κ1) is 102. The molecule has 6 aromatic carbocycles. The average molecular weight is 2060 g/mol. The normalized spacial score (nSPS) is 16.7. The van der Waals surface area contributed by atoms with Gasteiger partial charge >= 0.3 is 78.5 Å². The zero-order valence-electron chi connectivity index (χ0n) is 70.9. The van der Waals surface area contributed by atoms with Crippen LogP contribution in [0.15, 0.2) is 134 Å². The van der Waals surface area contributed by atoms with Gasteiger partial charge in [-0.2, -0.15) is 0 Å². The number of thiazole rings is 3. The molecule has 12 aromatic rings. The third-order valence-corrected chi connectivity index (χ3v) is 33.4. The second kappa shape index (κ2) is 46.5. The lowest BCUT2D eigenvalue weighted by Gasteiger charge is -2.28. The fourth-order valence-electron chi connectivity index (χ4n) is 14.1. The molecule has 57 heteroatoms. The average Bonchev–Trinajstić information content (AvgIpc) is 1.64. The first-order valence-electron chi connectivity index (χ1n) is 39.8. The Morgan fingerprint density at radius 3 is 1.06 bits per heavy atom. The molecule has 0 bridgehead atoms. The summed E-state index contributed by atoms with van der Waals surface area (Å²) in [6.45, 7) is 8.95. The number of aromatic nitrogens is 9. The molecular weight excluding hydrogens is 1990 g/mol. The van der Waals surface area contributed by atoms with Crippen LogP contribution in [0.5, 0.6) is 40.2 Å². The van der Waals surface area contributed by atoms with E-state index in [0.29, 0.717) is 105 Å². The number of carboxylic acids is 6. The van der Waals surface area contributed by atoms with Crippen LogP contribution < -0.4 is 49.0 Å². The smallest absolute Gasteiger partial charge is 0.535 e. The number of carbonyl (C=O) groups is 8. The monoisotopic (exact) mass is 2060 g/mol. The molecule has 6 aliphatic rings. The molecule has 0 aliphatic carbocycles. The van der Waals surface area contributed by atoms with Gasteiger partial charge in [-0.25, -0.2) is 43.7 Å². The predicted molar refractivity (Wildman–Crippen MR) is 516 cm³/mol. The number of fused-ring (bicyclic) bond motifs is 6. The van der Waals surface area contributed by atoms with E-state index in [1.165, 1.54) is 152 Å². The highest BCUT2D eigenvalue weighted by Gasteiger charge is 2.46. The van der Waals surface area contributed by atoms with Crippen molar-refractivity contribution in [1.29, 1.82) is 0 Å². The molecule has 2 amide bonds. The minimum absolute atomic E-state index is 0.0676. The van der Waals surface area contributed by atoms with Crippen LogP contribution in [0.2, 0.25) is 0 Å². The molecule has 6 aromatic heterocycles. The molecule has 0 saturated carbocycles. The Kier molecular flexibility index (Phi) is 35.1. The Labute approximate surface area is 818 Å². The molecule has 18 rings (SSSR count). The summed E-state index contributed by atoms with van der Waals surface area (Å²) < 4.78 is 46.3. The van der Waals surface area contributed by atoms with Gasteiger partial charge in [0.15, 0.2) is 17.4 Å². The van der Waals surface area contributed by atoms with Crippen molar-refractivity contribution in [1.82, 2.24) is 44.9 Å². The Morgan fingerprint density at radius 2 is 0.748 bits per heavy atom. The van der Waals surface area contributed by atoms with Gasteiger partial charge in [0.25, 0.3) is 0 Å². The second-order valence-corrected chi connectivity index (χ2v) is 43.8. The number of hydrogen-bond acceptors (Lipinski definition) is 43. The highest BCUT2D eigenvalue weighted by atomic mass is 32.2. The van der Waals surface area contributed by atoms with E-state index in [2.05, 4.69) is 55.6 Å². The minimum atomic E-state index is -1.15. The standard InChI is InChI=1S/2C14H13BN2O5S2.C14H15BN2O4S2.C12H11BN2O5S2.2C12H11BN2O4S2/c1-7-2-3-8-4-9(15(21)22-12(8)11(7)13(19)20)24-14-17-10(5-23-14)16-6-18;1-7-2-3-8-4-9(15(21)22-12(8)11(7)13(19)20)23-14-16-5-10(24-14)17-6-18;1-7-2-3-8-4-10(23-14-17-6-9(5-16)22-14)15(20)21-12(8)11(7)13(18)19;1-19-7-3-2-6-4-8(21-9-5-14-15-22-9)13(18)20-11(6)10(7)12(16)17;2*1-6-2-3-7-4-8(21-12-15-14-5-20-12)13(18)19-10(7)9(6)11(16)17/h2-3,5-6,9,21H,4H2,1H3,(H,16,18)(H,19,20);2-3,5-6,9,21H,4H2,1H3,(H,17,18)(H,19,20);2-3,6,10,20H,4-5,16H2,1H3,(H,18,19);2-3,5,8,18H,4H2,1H3,(H,16,17);2*2-3,5,8,18H,4H2,1H3,(H,16,17)/t2*9-;10-;3*8-/m000000/s1. The van der Waals surface area contributed by atoms with Crippen molar-refractivity contribution in [3.8, 4) is 40.2 Å². The van der Waals surface area contributed by atoms with Gasteiger partial charge in [-0.3, -0.25) is 9.59 Å². The van der Waals surface area contributed by atoms with E-state index in [-0.39, 0.29) is 105 Å². The van der Waals surface area contributed by atoms with Crippen LogP contribution >= 0.6 is 139 Å². The van der Waals surface area contributed by atoms with E-state index in [4.69, 9.17) is 38.4 Å². The fourth-order valence-corrected chi connectivity index (χ4v) is 25.9. The van der Waals surface area contributed by atoms with E-state index in [9.17, 15) is 99.1 Å². The fraction of sp³-hybridized carbons (Fsp3) is 0.244. The van der Waals surface area contributed by atoms with Crippen LogP contribution in [0.1, 0.15) is 128 Å². The van der Waals surface area contributed by atoms with Gasteiger partial charge in [0.1, 0.15) is 104 Å². The summed E-state index contributed by atoms with van der Waals surface area (Å²) in [5.41, 5.74) is 16.8. The number of aryl methyl sites for hydroxylation is 5. The molecular formula is C78H74B6N12O27S12. The molecule has 0 radical (unpaired) electrons. The molecule has 16 N–H and O–H groups in total. The van der Waals surface area contributed by atoms with Crippen molar-refractivity contribution in [3.63, 3.8) is 0 Å². The van der Waals surface area contributed by atoms with Gasteiger partial charge in [-0.15, -0.1) is 59.9 Å². The zero-order chi connectivity index (χ0) is 96.7. The van der Waals surface area contributed by atoms with Gasteiger partial charge in [0, 0.05) is 23.0 Å². The number of hydrogen-bond donors (Lipinski definition) is 15. The molecule has 135 heavy (non-hydrogen) atoms.